The highest BCUT2D eigenvalue weighted by atomic mass is 19.1. The molecule has 1 aliphatic rings. The normalized spacial score (nSPS) is 15.5. The number of methoxy groups -OCH3 is 1. The molecule has 1 fully saturated rings. The van der Waals surface area contributed by atoms with Crippen molar-refractivity contribution >= 4 is 22.4 Å². The fourth-order valence-corrected chi connectivity index (χ4v) is 3.88. The van der Waals surface area contributed by atoms with E-state index >= 15 is 0 Å². The Labute approximate surface area is 168 Å². The molecule has 0 bridgehead atoms. The highest BCUT2D eigenvalue weighted by Gasteiger charge is 2.29. The van der Waals surface area contributed by atoms with E-state index in [1.807, 2.05) is 13.0 Å². The Balaban J connectivity index is 1.81. The molecule has 1 aromatic heterocycles. The number of rotatable bonds is 6. The van der Waals surface area contributed by atoms with Crippen LogP contribution in [-0.2, 0) is 0 Å². The van der Waals surface area contributed by atoms with Crippen LogP contribution < -0.4 is 15.0 Å². The van der Waals surface area contributed by atoms with E-state index in [1.54, 1.807) is 13.2 Å². The van der Waals surface area contributed by atoms with Crippen LogP contribution in [0.1, 0.15) is 35.3 Å². The van der Waals surface area contributed by atoms with Crippen molar-refractivity contribution in [3.63, 3.8) is 0 Å². The summed E-state index contributed by atoms with van der Waals surface area (Å²) in [4.78, 5) is 15.4. The smallest absolute Gasteiger partial charge is 0.172 e. The van der Waals surface area contributed by atoms with Crippen molar-refractivity contribution in [3.05, 3.63) is 53.5 Å². The molecule has 2 aromatic carbocycles. The van der Waals surface area contributed by atoms with Gasteiger partial charge in [-0.3, -0.25) is 4.79 Å². The van der Waals surface area contributed by atoms with Crippen molar-refractivity contribution in [1.29, 1.82) is 0 Å². The molecule has 1 atom stereocenters. The van der Waals surface area contributed by atoms with Gasteiger partial charge in [-0.1, -0.05) is 12.1 Å². The van der Waals surface area contributed by atoms with Crippen molar-refractivity contribution in [3.8, 4) is 5.75 Å². The van der Waals surface area contributed by atoms with E-state index in [9.17, 15) is 9.18 Å². The maximum absolute atomic E-state index is 13.3. The summed E-state index contributed by atoms with van der Waals surface area (Å²) in [7, 11) is 1.62. The number of halogens is 1. The van der Waals surface area contributed by atoms with Gasteiger partial charge in [-0.2, -0.15) is 0 Å². The first kappa shape index (κ1) is 19.4. The number of carbonyl (C=O) groups is 1. The lowest BCUT2D eigenvalue weighted by Crippen LogP contribution is -2.43. The van der Waals surface area contributed by atoms with Gasteiger partial charge in [0.1, 0.15) is 17.3 Å². The number of carbonyl (C=O) groups excluding carboxylic acids is 1. The summed E-state index contributed by atoms with van der Waals surface area (Å²) in [5, 5.41) is 8.49. The van der Waals surface area contributed by atoms with Crippen molar-refractivity contribution in [2.24, 2.45) is 0 Å². The Kier molecular flexibility index (Phi) is 5.49. The van der Waals surface area contributed by atoms with Gasteiger partial charge in [0.25, 0.3) is 0 Å². The summed E-state index contributed by atoms with van der Waals surface area (Å²) in [5.41, 5.74) is 2.64. The van der Waals surface area contributed by atoms with Crippen LogP contribution in [0.5, 0.6) is 5.75 Å². The molecule has 3 aromatic rings. The molecule has 1 N–H and O–H groups in total. The van der Waals surface area contributed by atoms with Gasteiger partial charge in [0.15, 0.2) is 11.4 Å². The molecule has 6 nitrogen and oxygen atoms in total. The van der Waals surface area contributed by atoms with Gasteiger partial charge in [0, 0.05) is 43.9 Å². The van der Waals surface area contributed by atoms with E-state index in [4.69, 9.17) is 9.26 Å². The minimum Gasteiger partial charge on any atom is -0.497 e. The van der Waals surface area contributed by atoms with Crippen molar-refractivity contribution in [1.82, 2.24) is 10.5 Å². The van der Waals surface area contributed by atoms with Crippen LogP contribution >= 0.6 is 0 Å². The minimum atomic E-state index is -0.475. The molecule has 1 saturated heterocycles. The molecule has 2 heterocycles. The molecular weight excluding hydrogens is 373 g/mol. The van der Waals surface area contributed by atoms with E-state index in [0.717, 1.165) is 37.3 Å². The SMILES string of the molecule is CCC(C(=O)c1ccc(F)cc1)c1noc2cc(OC)cc(N3CCNCC3)c12. The zero-order chi connectivity index (χ0) is 20.4. The lowest BCUT2D eigenvalue weighted by atomic mass is 9.90. The quantitative estimate of drug-likeness (QED) is 0.639. The zero-order valence-electron chi connectivity index (χ0n) is 16.6. The summed E-state index contributed by atoms with van der Waals surface area (Å²) < 4.78 is 24.4. The highest BCUT2D eigenvalue weighted by molar-refractivity contribution is 6.04. The molecule has 4 rings (SSSR count). The molecular formula is C22H24FN3O3. The average Bonchev–Trinajstić information content (AvgIpc) is 3.18. The van der Waals surface area contributed by atoms with E-state index in [2.05, 4.69) is 15.4 Å². The number of benzene rings is 2. The van der Waals surface area contributed by atoms with E-state index in [1.165, 1.54) is 24.3 Å². The van der Waals surface area contributed by atoms with Gasteiger partial charge < -0.3 is 19.5 Å². The molecule has 0 radical (unpaired) electrons. The number of fused-ring (bicyclic) bond motifs is 1. The number of ketones is 1. The van der Waals surface area contributed by atoms with Crippen molar-refractivity contribution in [2.75, 3.05) is 38.2 Å². The highest BCUT2D eigenvalue weighted by Crippen LogP contribution is 2.39. The Bertz CT molecular complexity index is 1010. The number of nitrogens with one attached hydrogen (secondary N) is 1. The lowest BCUT2D eigenvalue weighted by Gasteiger charge is -2.30. The Morgan fingerprint density at radius 3 is 2.66 bits per heavy atom. The maximum Gasteiger partial charge on any atom is 0.172 e. The first-order chi connectivity index (χ1) is 14.1. The van der Waals surface area contributed by atoms with Crippen LogP contribution in [0.2, 0.25) is 0 Å². The molecule has 0 spiro atoms. The summed E-state index contributed by atoms with van der Waals surface area (Å²) in [5.74, 6) is -0.247. The zero-order valence-corrected chi connectivity index (χ0v) is 16.6. The average molecular weight is 397 g/mol. The molecule has 7 heteroatoms. The first-order valence-electron chi connectivity index (χ1n) is 9.85. The van der Waals surface area contributed by atoms with Crippen molar-refractivity contribution in [2.45, 2.75) is 19.3 Å². The van der Waals surface area contributed by atoms with Crippen LogP contribution in [0, 0.1) is 5.82 Å². The van der Waals surface area contributed by atoms with Crippen LogP contribution in [0.15, 0.2) is 40.9 Å². The number of hydrogen-bond donors (Lipinski definition) is 1. The number of nitrogens with zero attached hydrogens (tertiary/aromatic N) is 2. The standard InChI is InChI=1S/C22H24FN3O3/c1-3-17(22(27)14-4-6-15(23)7-5-14)21-20-18(26-10-8-24-9-11-26)12-16(28-2)13-19(20)29-25-21/h4-7,12-13,17,24H,3,8-11H2,1-2H3. The topological polar surface area (TPSA) is 67.6 Å². The lowest BCUT2D eigenvalue weighted by molar-refractivity contribution is 0.0954. The van der Waals surface area contributed by atoms with E-state index in [0.29, 0.717) is 29.0 Å². The fourth-order valence-electron chi connectivity index (χ4n) is 3.88. The molecule has 0 amide bonds. The molecule has 152 valence electrons. The predicted molar refractivity (Wildman–Crippen MR) is 109 cm³/mol. The number of piperazine rings is 1. The third-order valence-electron chi connectivity index (χ3n) is 5.43. The number of Topliss-reactive ketones (excluding diaryl/α,β-unsaturated/α-hetero) is 1. The van der Waals surface area contributed by atoms with Gasteiger partial charge in [0.05, 0.1) is 24.1 Å². The molecule has 29 heavy (non-hydrogen) atoms. The van der Waals surface area contributed by atoms with Crippen LogP contribution in [0.4, 0.5) is 10.1 Å². The second-order valence-electron chi connectivity index (χ2n) is 7.16. The molecule has 1 unspecified atom stereocenters. The first-order valence-corrected chi connectivity index (χ1v) is 9.85. The number of anilines is 1. The van der Waals surface area contributed by atoms with E-state index < -0.39 is 5.92 Å². The summed E-state index contributed by atoms with van der Waals surface area (Å²) in [6.45, 7) is 5.39. The second-order valence-corrected chi connectivity index (χ2v) is 7.16. The van der Waals surface area contributed by atoms with Gasteiger partial charge in [0.2, 0.25) is 0 Å². The largest absolute Gasteiger partial charge is 0.497 e. The van der Waals surface area contributed by atoms with E-state index in [-0.39, 0.29) is 11.6 Å². The minimum absolute atomic E-state index is 0.0928. The molecule has 1 aliphatic heterocycles. The second kappa shape index (κ2) is 8.21. The van der Waals surface area contributed by atoms with Crippen LogP contribution in [0.25, 0.3) is 11.0 Å². The van der Waals surface area contributed by atoms with Crippen molar-refractivity contribution < 1.29 is 18.4 Å². The van der Waals surface area contributed by atoms with Gasteiger partial charge >= 0.3 is 0 Å². The van der Waals surface area contributed by atoms with Gasteiger partial charge in [-0.05, 0) is 30.7 Å². The third-order valence-corrected chi connectivity index (χ3v) is 5.43. The van der Waals surface area contributed by atoms with Gasteiger partial charge in [-0.25, -0.2) is 4.39 Å². The summed E-state index contributed by atoms with van der Waals surface area (Å²) in [6.07, 6.45) is 0.560. The Morgan fingerprint density at radius 1 is 1.28 bits per heavy atom. The monoisotopic (exact) mass is 397 g/mol. The fraction of sp³-hybridized carbons (Fsp3) is 0.364. The Morgan fingerprint density at radius 2 is 2.00 bits per heavy atom. The predicted octanol–water partition coefficient (Wildman–Crippen LogP) is 3.76. The molecule has 0 aliphatic carbocycles. The number of aromatic nitrogens is 1. The number of hydrogen-bond acceptors (Lipinski definition) is 6. The Hall–Kier alpha value is -2.93. The maximum atomic E-state index is 13.3. The van der Waals surface area contributed by atoms with Crippen LogP contribution in [-0.4, -0.2) is 44.2 Å². The summed E-state index contributed by atoms with van der Waals surface area (Å²) >= 11 is 0. The van der Waals surface area contributed by atoms with Crippen LogP contribution in [0.3, 0.4) is 0 Å². The van der Waals surface area contributed by atoms with Gasteiger partial charge in [-0.15, -0.1) is 0 Å². The third kappa shape index (κ3) is 3.70. The summed E-state index contributed by atoms with van der Waals surface area (Å²) in [6, 6.07) is 9.41. The number of ether oxygens (including phenoxy) is 1. The molecule has 0 saturated carbocycles.